The quantitative estimate of drug-likeness (QED) is 0.0228. The molecule has 3 aliphatic rings. The molecular formula is C93H140O12. The van der Waals surface area contributed by atoms with Crippen molar-refractivity contribution in [1.82, 2.24) is 0 Å². The molecule has 0 bridgehead atoms. The third-order valence-corrected chi connectivity index (χ3v) is 22.6. The van der Waals surface area contributed by atoms with Gasteiger partial charge in [-0.1, -0.05) is 267 Å². The SMILES string of the molecule is CCCCC[C@H]1CC[C@H](c2ccc(C=CC(=O)OCCCCCCCCCC(=O)OCC(COC(=O)CCCCCCCCCOC(=O)C=Cc3ccc([C@H]4CC[C@H](CCCCC)CC4)cc3)OC(=O)CCCCCCCCCOC(=O)C=Cc3ccc([C@H]4CC[C@H](CCCCC)CC4)cc3)cc2)CC1. The van der Waals surface area contributed by atoms with Crippen LogP contribution in [0.5, 0.6) is 0 Å². The van der Waals surface area contributed by atoms with E-state index in [2.05, 4.69) is 93.6 Å². The van der Waals surface area contributed by atoms with Gasteiger partial charge in [0, 0.05) is 37.5 Å². The summed E-state index contributed by atoms with van der Waals surface area (Å²) in [6, 6.07) is 26.0. The van der Waals surface area contributed by atoms with Crippen LogP contribution in [-0.4, -0.2) is 75.0 Å². The van der Waals surface area contributed by atoms with Crippen LogP contribution in [0.25, 0.3) is 18.2 Å². The van der Waals surface area contributed by atoms with Gasteiger partial charge in [0.1, 0.15) is 13.2 Å². The van der Waals surface area contributed by atoms with Crippen LogP contribution in [-0.2, 0) is 57.2 Å². The zero-order chi connectivity index (χ0) is 74.4. The topological polar surface area (TPSA) is 158 Å². The first kappa shape index (κ1) is 87.6. The molecular weight excluding hydrogens is 1310 g/mol. The number of carbonyl (C=O) groups excluding carboxylic acids is 6. The molecule has 0 heterocycles. The number of rotatable bonds is 56. The molecule has 3 aliphatic carbocycles. The molecule has 3 aromatic carbocycles. The average Bonchev–Trinajstić information content (AvgIpc) is 0.869. The Labute approximate surface area is 635 Å². The summed E-state index contributed by atoms with van der Waals surface area (Å²) in [4.78, 5) is 76.3. The molecule has 6 rings (SSSR count). The lowest BCUT2D eigenvalue weighted by molar-refractivity contribution is -0.167. The van der Waals surface area contributed by atoms with Gasteiger partial charge < -0.3 is 28.4 Å². The van der Waals surface area contributed by atoms with E-state index in [0.29, 0.717) is 56.8 Å². The highest BCUT2D eigenvalue weighted by molar-refractivity contribution is 5.88. The van der Waals surface area contributed by atoms with Crippen LogP contribution >= 0.6 is 0 Å². The predicted octanol–water partition coefficient (Wildman–Crippen LogP) is 24.7. The fourth-order valence-electron chi connectivity index (χ4n) is 15.8. The molecule has 0 N–H and O–H groups in total. The number of carbonyl (C=O) groups is 6. The summed E-state index contributed by atoms with van der Waals surface area (Å²) < 4.78 is 33.4. The maximum Gasteiger partial charge on any atom is 0.330 e. The Morgan fingerprint density at radius 1 is 0.305 bits per heavy atom. The number of hydrogen-bond donors (Lipinski definition) is 0. The molecule has 0 aliphatic heterocycles. The van der Waals surface area contributed by atoms with E-state index in [-0.39, 0.29) is 62.3 Å². The lowest BCUT2D eigenvalue weighted by Crippen LogP contribution is -2.30. The molecule has 0 aromatic heterocycles. The van der Waals surface area contributed by atoms with E-state index in [1.165, 1.54) is 189 Å². The van der Waals surface area contributed by atoms with Gasteiger partial charge in [0.25, 0.3) is 0 Å². The Balaban J connectivity index is 0.788. The van der Waals surface area contributed by atoms with Crippen LogP contribution in [0.15, 0.2) is 91.0 Å². The van der Waals surface area contributed by atoms with Gasteiger partial charge in [-0.15, -0.1) is 0 Å². The normalized spacial score (nSPS) is 18.7. The van der Waals surface area contributed by atoms with Crippen LogP contribution < -0.4 is 0 Å². The first-order chi connectivity index (χ1) is 51.5. The van der Waals surface area contributed by atoms with E-state index in [9.17, 15) is 28.8 Å². The summed E-state index contributed by atoms with van der Waals surface area (Å²) in [7, 11) is 0. The van der Waals surface area contributed by atoms with E-state index in [1.54, 1.807) is 0 Å². The Kier molecular flexibility index (Phi) is 46.7. The molecule has 584 valence electrons. The van der Waals surface area contributed by atoms with Gasteiger partial charge in [0.15, 0.2) is 6.10 Å². The fraction of sp³-hybridized carbons (Fsp3) is 0.677. The van der Waals surface area contributed by atoms with E-state index >= 15 is 0 Å². The van der Waals surface area contributed by atoms with Crippen LogP contribution in [0.1, 0.15) is 380 Å². The van der Waals surface area contributed by atoms with E-state index in [0.717, 1.165) is 150 Å². The van der Waals surface area contributed by atoms with Crippen molar-refractivity contribution in [3.05, 3.63) is 124 Å². The standard InChI is InChI=1S/C93H140O12/c1-4-7-25-34-75-40-55-81(56-41-75)84-61-46-78(47-62-84)52-67-90(96)100-70-31-22-16-10-13-19-28-37-88(94)103-73-87(105-93(99)39-30-21-15-12-18-24-33-72-102-92(98)69-54-80-50-65-86(66-51-80)83-59-44-77(45-60-83)36-27-9-6-3)74-104-89(95)38-29-20-14-11-17-23-32-71-101-91(97)68-53-79-48-63-85(64-49-79)82-57-42-76(43-58-82)35-26-8-5-2/h46-54,61-69,75-77,81-83,87H,4-45,55-60,70-74H2,1-3H3/t75-,76-,77-,81-,82-,83-,87?. The average molecular weight is 1450 g/mol. The second-order valence-electron chi connectivity index (χ2n) is 31.3. The molecule has 0 radical (unpaired) electrons. The number of esters is 6. The van der Waals surface area contributed by atoms with Crippen molar-refractivity contribution in [2.24, 2.45) is 17.8 Å². The van der Waals surface area contributed by atoms with Crippen molar-refractivity contribution in [3.8, 4) is 0 Å². The van der Waals surface area contributed by atoms with E-state index in [4.69, 9.17) is 28.4 Å². The summed E-state index contributed by atoms with van der Waals surface area (Å²) in [5.41, 5.74) is 7.26. The van der Waals surface area contributed by atoms with Crippen molar-refractivity contribution in [2.75, 3.05) is 33.0 Å². The minimum absolute atomic E-state index is 0.185. The Bertz CT molecular complexity index is 2750. The van der Waals surface area contributed by atoms with Crippen molar-refractivity contribution in [1.29, 1.82) is 0 Å². The van der Waals surface area contributed by atoms with Gasteiger partial charge in [-0.05, 0) is 203 Å². The van der Waals surface area contributed by atoms with Gasteiger partial charge in [0.2, 0.25) is 0 Å². The Morgan fingerprint density at radius 2 is 0.562 bits per heavy atom. The molecule has 0 unspecified atom stereocenters. The van der Waals surface area contributed by atoms with Gasteiger partial charge >= 0.3 is 35.8 Å². The number of benzene rings is 3. The lowest BCUT2D eigenvalue weighted by Gasteiger charge is -2.29. The molecule has 3 saturated carbocycles. The van der Waals surface area contributed by atoms with E-state index in [1.807, 2.05) is 18.2 Å². The monoisotopic (exact) mass is 1450 g/mol. The summed E-state index contributed by atoms with van der Waals surface area (Å²) in [5.74, 6) is 2.50. The third kappa shape index (κ3) is 40.5. The maximum absolute atomic E-state index is 13.1. The fourth-order valence-corrected chi connectivity index (χ4v) is 15.8. The molecule has 0 spiro atoms. The summed E-state index contributed by atoms with van der Waals surface area (Å²) in [5, 5.41) is 0. The second kappa shape index (κ2) is 56.0. The first-order valence-corrected chi connectivity index (χ1v) is 42.8. The first-order valence-electron chi connectivity index (χ1n) is 42.8. The Hall–Kier alpha value is -6.30. The molecule has 3 fully saturated rings. The van der Waals surface area contributed by atoms with Crippen LogP contribution in [0.4, 0.5) is 0 Å². The minimum atomic E-state index is -0.903. The van der Waals surface area contributed by atoms with Gasteiger partial charge in [-0.2, -0.15) is 0 Å². The maximum atomic E-state index is 13.1. The molecule has 12 heteroatoms. The van der Waals surface area contributed by atoms with Crippen molar-refractivity contribution in [2.45, 2.75) is 353 Å². The number of unbranched alkanes of at least 4 members (excludes halogenated alkanes) is 24. The molecule has 0 saturated heterocycles. The smallest absolute Gasteiger partial charge is 0.330 e. The summed E-state index contributed by atoms with van der Waals surface area (Å²) in [6.45, 7) is 7.63. The zero-order valence-corrected chi connectivity index (χ0v) is 65.8. The molecule has 0 amide bonds. The predicted molar refractivity (Wildman–Crippen MR) is 428 cm³/mol. The second-order valence-corrected chi connectivity index (χ2v) is 31.3. The van der Waals surface area contributed by atoms with Crippen LogP contribution in [0, 0.1) is 17.8 Å². The minimum Gasteiger partial charge on any atom is -0.463 e. The zero-order valence-electron chi connectivity index (χ0n) is 65.8. The van der Waals surface area contributed by atoms with Crippen molar-refractivity contribution in [3.63, 3.8) is 0 Å². The van der Waals surface area contributed by atoms with Gasteiger partial charge in [0.05, 0.1) is 19.8 Å². The number of ether oxygens (including phenoxy) is 6. The van der Waals surface area contributed by atoms with Gasteiger partial charge in [-0.3, -0.25) is 14.4 Å². The van der Waals surface area contributed by atoms with Gasteiger partial charge in [-0.25, -0.2) is 14.4 Å². The summed E-state index contributed by atoms with van der Waals surface area (Å²) in [6.07, 6.45) is 60.6. The lowest BCUT2D eigenvalue weighted by atomic mass is 9.77. The van der Waals surface area contributed by atoms with Crippen molar-refractivity contribution >= 4 is 54.0 Å². The largest absolute Gasteiger partial charge is 0.463 e. The Morgan fingerprint density at radius 3 is 0.838 bits per heavy atom. The summed E-state index contributed by atoms with van der Waals surface area (Å²) >= 11 is 0. The highest BCUT2D eigenvalue weighted by atomic mass is 16.6. The van der Waals surface area contributed by atoms with E-state index < -0.39 is 12.1 Å². The molecule has 0 atom stereocenters. The molecule has 12 nitrogen and oxygen atoms in total. The van der Waals surface area contributed by atoms with Crippen LogP contribution in [0.3, 0.4) is 0 Å². The highest BCUT2D eigenvalue weighted by Gasteiger charge is 2.26. The highest BCUT2D eigenvalue weighted by Crippen LogP contribution is 2.41. The molecule has 3 aromatic rings. The third-order valence-electron chi connectivity index (χ3n) is 22.6. The van der Waals surface area contributed by atoms with Crippen LogP contribution in [0.2, 0.25) is 0 Å². The number of hydrogen-bond acceptors (Lipinski definition) is 12. The van der Waals surface area contributed by atoms with Crippen molar-refractivity contribution < 1.29 is 57.2 Å². The molecule has 105 heavy (non-hydrogen) atoms.